The van der Waals surface area contributed by atoms with Crippen molar-refractivity contribution in [1.29, 1.82) is 0 Å². The highest BCUT2D eigenvalue weighted by Gasteiger charge is 2.19. The molecule has 2 heterocycles. The topological polar surface area (TPSA) is 46.5 Å². The van der Waals surface area contributed by atoms with Gasteiger partial charge in [0.25, 0.3) is 0 Å². The van der Waals surface area contributed by atoms with Gasteiger partial charge in [0.1, 0.15) is 0 Å². The number of benzene rings is 1. The van der Waals surface area contributed by atoms with Crippen molar-refractivity contribution >= 4 is 12.0 Å². The highest BCUT2D eigenvalue weighted by atomic mass is 16.5. The number of amides is 1. The average molecular weight is 396 g/mol. The molecule has 0 bridgehead atoms. The van der Waals surface area contributed by atoms with Gasteiger partial charge in [-0.15, -0.1) is 0 Å². The average Bonchev–Trinajstić information content (AvgIpc) is 3.02. The number of rotatable bonds is 8. The fraction of sp³-hybridized carbons (Fsp3) is 0.458. The van der Waals surface area contributed by atoms with E-state index in [1.54, 1.807) is 13.2 Å². The molecule has 1 amide bonds. The summed E-state index contributed by atoms with van der Waals surface area (Å²) in [6.07, 6.45) is 6.68. The van der Waals surface area contributed by atoms with Crippen LogP contribution in [-0.2, 0) is 9.53 Å². The van der Waals surface area contributed by atoms with Crippen molar-refractivity contribution in [3.8, 4) is 5.69 Å². The Labute approximate surface area is 174 Å². The second kappa shape index (κ2) is 10.4. The maximum absolute atomic E-state index is 12.4. The molecule has 0 atom stereocenters. The lowest BCUT2D eigenvalue weighted by atomic mass is 10.0. The van der Waals surface area contributed by atoms with Crippen molar-refractivity contribution in [2.75, 3.05) is 33.4 Å². The zero-order valence-corrected chi connectivity index (χ0v) is 17.9. The van der Waals surface area contributed by atoms with Gasteiger partial charge in [-0.2, -0.15) is 0 Å². The summed E-state index contributed by atoms with van der Waals surface area (Å²) in [5.41, 5.74) is 4.52. The minimum Gasteiger partial charge on any atom is -0.385 e. The standard InChI is InChI=1S/C24H33N3O2/c1-19-18-21(20(2)27(19)23-8-5-4-6-9-23)10-11-24(28)25-22-12-15-26(16-13-22)14-7-17-29-3/h4-6,8-11,18,22H,7,12-17H2,1-3H3,(H,25,28)/b11-10-. The predicted molar refractivity (Wildman–Crippen MR) is 118 cm³/mol. The van der Waals surface area contributed by atoms with Crippen LogP contribution in [-0.4, -0.2) is 54.8 Å². The Bertz CT molecular complexity index is 818. The Morgan fingerprint density at radius 1 is 1.21 bits per heavy atom. The summed E-state index contributed by atoms with van der Waals surface area (Å²) < 4.78 is 7.34. The quantitative estimate of drug-likeness (QED) is 0.547. The molecule has 1 saturated heterocycles. The molecule has 3 rings (SSSR count). The lowest BCUT2D eigenvalue weighted by Gasteiger charge is -2.32. The maximum Gasteiger partial charge on any atom is 0.244 e. The fourth-order valence-corrected chi connectivity index (χ4v) is 4.08. The predicted octanol–water partition coefficient (Wildman–Crippen LogP) is 3.72. The molecule has 1 N–H and O–H groups in total. The van der Waals surface area contributed by atoms with Crippen molar-refractivity contribution in [3.05, 3.63) is 59.4 Å². The molecule has 0 saturated carbocycles. The van der Waals surface area contributed by atoms with E-state index in [9.17, 15) is 4.79 Å². The van der Waals surface area contributed by atoms with E-state index in [0.717, 1.165) is 68.1 Å². The number of nitrogens with zero attached hydrogens (tertiary/aromatic N) is 2. The Morgan fingerprint density at radius 3 is 2.62 bits per heavy atom. The van der Waals surface area contributed by atoms with Crippen LogP contribution in [0.15, 0.2) is 42.5 Å². The van der Waals surface area contributed by atoms with E-state index in [-0.39, 0.29) is 11.9 Å². The molecule has 0 radical (unpaired) electrons. The highest BCUT2D eigenvalue weighted by Crippen LogP contribution is 2.21. The van der Waals surface area contributed by atoms with Crippen LogP contribution in [0.1, 0.15) is 36.2 Å². The lowest BCUT2D eigenvalue weighted by molar-refractivity contribution is -0.117. The normalized spacial score (nSPS) is 15.8. The zero-order valence-electron chi connectivity index (χ0n) is 17.9. The number of nitrogens with one attached hydrogen (secondary N) is 1. The number of ether oxygens (including phenoxy) is 1. The van der Waals surface area contributed by atoms with Gasteiger partial charge < -0.3 is 19.5 Å². The van der Waals surface area contributed by atoms with Gasteiger partial charge in [0.2, 0.25) is 5.91 Å². The van der Waals surface area contributed by atoms with E-state index in [1.165, 1.54) is 0 Å². The van der Waals surface area contributed by atoms with E-state index in [4.69, 9.17) is 4.74 Å². The number of hydrogen-bond acceptors (Lipinski definition) is 3. The highest BCUT2D eigenvalue weighted by molar-refractivity contribution is 5.92. The molecular weight excluding hydrogens is 362 g/mol. The summed E-state index contributed by atoms with van der Waals surface area (Å²) in [4.78, 5) is 14.9. The van der Waals surface area contributed by atoms with E-state index in [0.29, 0.717) is 0 Å². The molecule has 0 aliphatic carbocycles. The van der Waals surface area contributed by atoms with Crippen molar-refractivity contribution in [3.63, 3.8) is 0 Å². The second-order valence-corrected chi connectivity index (χ2v) is 7.80. The number of hydrogen-bond donors (Lipinski definition) is 1. The largest absolute Gasteiger partial charge is 0.385 e. The van der Waals surface area contributed by atoms with Gasteiger partial charge in [-0.1, -0.05) is 18.2 Å². The van der Waals surface area contributed by atoms with Gasteiger partial charge in [0.05, 0.1) is 0 Å². The third-order valence-corrected chi connectivity index (χ3v) is 5.66. The van der Waals surface area contributed by atoms with Gasteiger partial charge in [-0.25, -0.2) is 0 Å². The molecule has 1 fully saturated rings. The van der Waals surface area contributed by atoms with Gasteiger partial charge in [-0.3, -0.25) is 4.79 Å². The van der Waals surface area contributed by atoms with Crippen LogP contribution < -0.4 is 5.32 Å². The Balaban J connectivity index is 1.53. The number of carbonyl (C=O) groups is 1. The SMILES string of the molecule is COCCCN1CCC(NC(=O)/C=C\c2cc(C)n(-c3ccccc3)c2C)CC1. The van der Waals surface area contributed by atoms with Crippen LogP contribution in [0.25, 0.3) is 11.8 Å². The smallest absolute Gasteiger partial charge is 0.244 e. The summed E-state index contributed by atoms with van der Waals surface area (Å²) in [7, 11) is 1.74. The molecule has 156 valence electrons. The fourth-order valence-electron chi connectivity index (χ4n) is 4.08. The molecule has 2 aromatic rings. The van der Waals surface area contributed by atoms with Crippen LogP contribution in [0, 0.1) is 13.8 Å². The number of aromatic nitrogens is 1. The van der Waals surface area contributed by atoms with E-state index >= 15 is 0 Å². The van der Waals surface area contributed by atoms with Crippen LogP contribution >= 0.6 is 0 Å². The molecule has 1 aromatic heterocycles. The molecular formula is C24H33N3O2. The molecule has 1 aliphatic rings. The second-order valence-electron chi connectivity index (χ2n) is 7.80. The third-order valence-electron chi connectivity index (χ3n) is 5.66. The summed E-state index contributed by atoms with van der Waals surface area (Å²) in [5.74, 6) is -0.00709. The number of likely N-dealkylation sites (tertiary alicyclic amines) is 1. The van der Waals surface area contributed by atoms with Crippen molar-refractivity contribution in [2.24, 2.45) is 0 Å². The first-order valence-electron chi connectivity index (χ1n) is 10.5. The molecule has 29 heavy (non-hydrogen) atoms. The van der Waals surface area contributed by atoms with E-state index < -0.39 is 0 Å². The monoisotopic (exact) mass is 395 g/mol. The van der Waals surface area contributed by atoms with E-state index in [1.807, 2.05) is 24.3 Å². The maximum atomic E-state index is 12.4. The van der Waals surface area contributed by atoms with Gasteiger partial charge in [0.15, 0.2) is 0 Å². The van der Waals surface area contributed by atoms with Crippen molar-refractivity contribution in [2.45, 2.75) is 39.2 Å². The van der Waals surface area contributed by atoms with Gasteiger partial charge in [0, 0.05) is 62.5 Å². The van der Waals surface area contributed by atoms with E-state index in [2.05, 4.69) is 46.8 Å². The number of para-hydroxylation sites is 1. The van der Waals surface area contributed by atoms with Crippen LogP contribution in [0.5, 0.6) is 0 Å². The number of aryl methyl sites for hydroxylation is 1. The van der Waals surface area contributed by atoms with Crippen LogP contribution in [0.3, 0.4) is 0 Å². The molecule has 1 aliphatic heterocycles. The Morgan fingerprint density at radius 2 is 1.93 bits per heavy atom. The number of methoxy groups -OCH3 is 1. The van der Waals surface area contributed by atoms with Crippen molar-refractivity contribution < 1.29 is 9.53 Å². The minimum atomic E-state index is -0.00709. The summed E-state index contributed by atoms with van der Waals surface area (Å²) in [5, 5.41) is 3.17. The molecule has 1 aromatic carbocycles. The first-order valence-corrected chi connectivity index (χ1v) is 10.5. The zero-order chi connectivity index (χ0) is 20.6. The van der Waals surface area contributed by atoms with Gasteiger partial charge >= 0.3 is 0 Å². The summed E-state index contributed by atoms with van der Waals surface area (Å²) in [6, 6.07) is 12.7. The number of carbonyl (C=O) groups excluding carboxylic acids is 1. The van der Waals surface area contributed by atoms with Crippen LogP contribution in [0.2, 0.25) is 0 Å². The van der Waals surface area contributed by atoms with Crippen LogP contribution in [0.4, 0.5) is 0 Å². The summed E-state index contributed by atoms with van der Waals surface area (Å²) in [6.45, 7) is 8.15. The molecule has 0 spiro atoms. The lowest BCUT2D eigenvalue weighted by Crippen LogP contribution is -2.44. The first kappa shape index (κ1) is 21.3. The molecule has 5 nitrogen and oxygen atoms in total. The summed E-state index contributed by atoms with van der Waals surface area (Å²) >= 11 is 0. The first-order chi connectivity index (χ1) is 14.1. The van der Waals surface area contributed by atoms with Crippen molar-refractivity contribution in [1.82, 2.24) is 14.8 Å². The minimum absolute atomic E-state index is 0.00709. The van der Waals surface area contributed by atoms with Gasteiger partial charge in [-0.05, 0) is 62.9 Å². The number of piperidine rings is 1. The Hall–Kier alpha value is -2.37. The molecule has 0 unspecified atom stereocenters. The Kier molecular flexibility index (Phi) is 7.67. The molecule has 5 heteroatoms. The third kappa shape index (κ3) is 5.81.